The molecule has 2 rings (SSSR count). The Morgan fingerprint density at radius 3 is 1.95 bits per heavy atom. The second kappa shape index (κ2) is 8.76. The molecule has 0 amide bonds. The van der Waals surface area contributed by atoms with Gasteiger partial charge in [-0.1, -0.05) is 37.3 Å². The minimum absolute atomic E-state index is 0.877. The van der Waals surface area contributed by atoms with E-state index >= 15 is 0 Å². The number of aliphatic hydroxyl groups excluding tert-OH is 1. The highest BCUT2D eigenvalue weighted by molar-refractivity contribution is 5.71. The standard InChI is InChI=1S/C14H14O.C3H6O3/c1-2-12-8-10-14(11-9-12)15-13-6-4-3-5-7-13;1-2(4)3(5)6/h3-11H,2H2,1H3;2,4H,1H3,(H,5,6). The molecule has 0 aliphatic rings. The maximum absolute atomic E-state index is 9.45. The van der Waals surface area contributed by atoms with Crippen LogP contribution in [0.5, 0.6) is 11.5 Å². The maximum Gasteiger partial charge on any atom is 0.332 e. The van der Waals surface area contributed by atoms with Gasteiger partial charge in [0.15, 0.2) is 0 Å². The average molecular weight is 288 g/mol. The second-order valence-electron chi connectivity index (χ2n) is 4.43. The number of para-hydroxylation sites is 1. The monoisotopic (exact) mass is 288 g/mol. The number of hydrogen-bond donors (Lipinski definition) is 2. The van der Waals surface area contributed by atoms with Crippen LogP contribution in [0.25, 0.3) is 0 Å². The van der Waals surface area contributed by atoms with Gasteiger partial charge in [0, 0.05) is 0 Å². The van der Waals surface area contributed by atoms with Gasteiger partial charge in [0.05, 0.1) is 0 Å². The first kappa shape index (κ1) is 16.7. The van der Waals surface area contributed by atoms with Crippen molar-refractivity contribution >= 4 is 5.97 Å². The molecular formula is C17H20O4. The van der Waals surface area contributed by atoms with Crippen molar-refractivity contribution < 1.29 is 19.7 Å². The highest BCUT2D eigenvalue weighted by atomic mass is 16.5. The molecular weight excluding hydrogens is 268 g/mol. The second-order valence-corrected chi connectivity index (χ2v) is 4.43. The van der Waals surface area contributed by atoms with Crippen LogP contribution in [0.2, 0.25) is 0 Å². The first-order chi connectivity index (χ1) is 10.0. The summed E-state index contributed by atoms with van der Waals surface area (Å²) in [4.78, 5) is 9.45. The van der Waals surface area contributed by atoms with Gasteiger partial charge in [-0.25, -0.2) is 4.79 Å². The zero-order valence-corrected chi connectivity index (χ0v) is 12.2. The fourth-order valence-corrected chi connectivity index (χ4v) is 1.42. The molecule has 0 saturated carbocycles. The first-order valence-electron chi connectivity index (χ1n) is 6.75. The molecule has 1 atom stereocenters. The van der Waals surface area contributed by atoms with Crippen molar-refractivity contribution in [2.24, 2.45) is 0 Å². The van der Waals surface area contributed by atoms with Crippen LogP contribution in [0.15, 0.2) is 54.6 Å². The lowest BCUT2D eigenvalue weighted by atomic mass is 10.2. The summed E-state index contributed by atoms with van der Waals surface area (Å²) in [7, 11) is 0. The number of aliphatic hydroxyl groups is 1. The molecule has 0 fully saturated rings. The number of carboxylic acid groups (broad SMARTS) is 1. The summed E-state index contributed by atoms with van der Waals surface area (Å²) in [6, 6.07) is 18.0. The van der Waals surface area contributed by atoms with E-state index in [2.05, 4.69) is 19.1 Å². The van der Waals surface area contributed by atoms with E-state index < -0.39 is 12.1 Å². The average Bonchev–Trinajstić information content (AvgIpc) is 2.49. The fourth-order valence-electron chi connectivity index (χ4n) is 1.42. The lowest BCUT2D eigenvalue weighted by Gasteiger charge is -2.05. The third-order valence-corrected chi connectivity index (χ3v) is 2.67. The van der Waals surface area contributed by atoms with Gasteiger partial charge in [0.1, 0.15) is 17.6 Å². The third kappa shape index (κ3) is 6.58. The molecule has 2 N–H and O–H groups in total. The van der Waals surface area contributed by atoms with Crippen LogP contribution in [0, 0.1) is 0 Å². The number of benzene rings is 2. The third-order valence-electron chi connectivity index (χ3n) is 2.67. The van der Waals surface area contributed by atoms with Crippen molar-refractivity contribution in [2.45, 2.75) is 26.4 Å². The molecule has 4 heteroatoms. The Morgan fingerprint density at radius 2 is 1.52 bits per heavy atom. The zero-order chi connectivity index (χ0) is 15.7. The van der Waals surface area contributed by atoms with E-state index in [1.54, 1.807) is 0 Å². The highest BCUT2D eigenvalue weighted by Gasteiger charge is 2.01. The summed E-state index contributed by atoms with van der Waals surface area (Å²) in [5, 5.41) is 15.8. The molecule has 0 aromatic heterocycles. The van der Waals surface area contributed by atoms with Crippen LogP contribution in [-0.4, -0.2) is 22.3 Å². The van der Waals surface area contributed by atoms with E-state index in [9.17, 15) is 4.79 Å². The van der Waals surface area contributed by atoms with Crippen LogP contribution in [0.1, 0.15) is 19.4 Å². The Morgan fingerprint density at radius 1 is 1.05 bits per heavy atom. The fraction of sp³-hybridized carbons (Fsp3) is 0.235. The quantitative estimate of drug-likeness (QED) is 0.903. The molecule has 0 heterocycles. The summed E-state index contributed by atoms with van der Waals surface area (Å²) >= 11 is 0. The highest BCUT2D eigenvalue weighted by Crippen LogP contribution is 2.20. The topological polar surface area (TPSA) is 66.8 Å². The normalized spacial score (nSPS) is 11.0. The lowest BCUT2D eigenvalue weighted by Crippen LogP contribution is -2.13. The van der Waals surface area contributed by atoms with Crippen molar-refractivity contribution in [3.63, 3.8) is 0 Å². The number of ether oxygens (including phenoxy) is 1. The molecule has 2 aromatic carbocycles. The van der Waals surface area contributed by atoms with Crippen LogP contribution < -0.4 is 4.74 Å². The van der Waals surface area contributed by atoms with E-state index in [1.807, 2.05) is 42.5 Å². The van der Waals surface area contributed by atoms with Gasteiger partial charge in [0.2, 0.25) is 0 Å². The van der Waals surface area contributed by atoms with Crippen LogP contribution in [-0.2, 0) is 11.2 Å². The smallest absolute Gasteiger partial charge is 0.332 e. The SMILES string of the molecule is CC(O)C(=O)O.CCc1ccc(Oc2ccccc2)cc1. The molecule has 1 unspecified atom stereocenters. The molecule has 0 saturated heterocycles. The predicted octanol–water partition coefficient (Wildman–Crippen LogP) is 3.49. The van der Waals surface area contributed by atoms with E-state index in [1.165, 1.54) is 12.5 Å². The Kier molecular flexibility index (Phi) is 6.98. The van der Waals surface area contributed by atoms with Gasteiger partial charge >= 0.3 is 5.97 Å². The van der Waals surface area contributed by atoms with Crippen molar-refractivity contribution in [2.75, 3.05) is 0 Å². The molecule has 21 heavy (non-hydrogen) atoms. The van der Waals surface area contributed by atoms with Crippen molar-refractivity contribution in [3.8, 4) is 11.5 Å². The van der Waals surface area contributed by atoms with E-state index in [0.717, 1.165) is 17.9 Å². The minimum Gasteiger partial charge on any atom is -0.479 e. The summed E-state index contributed by atoms with van der Waals surface area (Å²) < 4.78 is 5.68. The maximum atomic E-state index is 9.45. The lowest BCUT2D eigenvalue weighted by molar-refractivity contribution is -0.145. The number of carbonyl (C=O) groups is 1. The predicted molar refractivity (Wildman–Crippen MR) is 81.7 cm³/mol. The van der Waals surface area contributed by atoms with Crippen LogP contribution >= 0.6 is 0 Å². The van der Waals surface area contributed by atoms with Gasteiger partial charge in [0.25, 0.3) is 0 Å². The van der Waals surface area contributed by atoms with Crippen LogP contribution in [0.3, 0.4) is 0 Å². The first-order valence-corrected chi connectivity index (χ1v) is 6.75. The van der Waals surface area contributed by atoms with E-state index in [4.69, 9.17) is 14.9 Å². The van der Waals surface area contributed by atoms with Gasteiger partial charge in [-0.05, 0) is 43.2 Å². The number of carboxylic acids is 1. The summed E-state index contributed by atoms with van der Waals surface area (Å²) in [5.74, 6) is 0.579. The Bertz CT molecular complexity index is 532. The van der Waals surface area contributed by atoms with Gasteiger partial charge in [-0.2, -0.15) is 0 Å². The number of aliphatic carboxylic acids is 1. The Hall–Kier alpha value is -2.33. The molecule has 0 radical (unpaired) electrons. The summed E-state index contributed by atoms with van der Waals surface area (Å²) in [5.41, 5.74) is 1.33. The van der Waals surface area contributed by atoms with Gasteiger partial charge < -0.3 is 14.9 Å². The van der Waals surface area contributed by atoms with Crippen molar-refractivity contribution in [3.05, 3.63) is 60.2 Å². The molecule has 2 aromatic rings. The number of hydrogen-bond acceptors (Lipinski definition) is 3. The van der Waals surface area contributed by atoms with Crippen molar-refractivity contribution in [1.82, 2.24) is 0 Å². The molecule has 4 nitrogen and oxygen atoms in total. The number of rotatable bonds is 4. The van der Waals surface area contributed by atoms with Crippen molar-refractivity contribution in [1.29, 1.82) is 0 Å². The zero-order valence-electron chi connectivity index (χ0n) is 12.2. The van der Waals surface area contributed by atoms with E-state index in [0.29, 0.717) is 0 Å². The molecule has 0 aliphatic carbocycles. The van der Waals surface area contributed by atoms with E-state index in [-0.39, 0.29) is 0 Å². The van der Waals surface area contributed by atoms with Gasteiger partial charge in [-0.3, -0.25) is 0 Å². The molecule has 0 aliphatic heterocycles. The summed E-state index contributed by atoms with van der Waals surface area (Å²) in [6.07, 6.45) is -0.170. The van der Waals surface area contributed by atoms with Gasteiger partial charge in [-0.15, -0.1) is 0 Å². The minimum atomic E-state index is -1.23. The summed E-state index contributed by atoms with van der Waals surface area (Å²) in [6.45, 7) is 3.34. The van der Waals surface area contributed by atoms with Crippen LogP contribution in [0.4, 0.5) is 0 Å². The molecule has 0 spiro atoms. The Labute approximate surface area is 124 Å². The largest absolute Gasteiger partial charge is 0.479 e. The molecule has 112 valence electrons. The Balaban J connectivity index is 0.000000315. The number of aryl methyl sites for hydroxylation is 1. The molecule has 0 bridgehead atoms.